The van der Waals surface area contributed by atoms with Gasteiger partial charge in [0.15, 0.2) is 0 Å². The Morgan fingerprint density at radius 3 is 2.35 bits per heavy atom. The molecule has 3 nitrogen and oxygen atoms in total. The van der Waals surface area contributed by atoms with Gasteiger partial charge in [0.2, 0.25) is 0 Å². The van der Waals surface area contributed by atoms with E-state index in [4.69, 9.17) is 9.15 Å². The van der Waals surface area contributed by atoms with Crippen LogP contribution in [-0.2, 0) is 0 Å². The fourth-order valence-corrected chi connectivity index (χ4v) is 2.32. The van der Waals surface area contributed by atoms with Gasteiger partial charge in [-0.1, -0.05) is 19.1 Å². The summed E-state index contributed by atoms with van der Waals surface area (Å²) in [7, 11) is 0. The average molecular weight is 273 g/mol. The Kier molecular flexibility index (Phi) is 4.85. The SMILES string of the molecule is CCNC(c1ccc(OC(C)C)cc1)c1ccoc1C. The largest absolute Gasteiger partial charge is 0.491 e. The van der Waals surface area contributed by atoms with Gasteiger partial charge in [0.25, 0.3) is 0 Å². The van der Waals surface area contributed by atoms with E-state index in [0.717, 1.165) is 18.1 Å². The minimum Gasteiger partial charge on any atom is -0.491 e. The maximum Gasteiger partial charge on any atom is 0.119 e. The van der Waals surface area contributed by atoms with Gasteiger partial charge >= 0.3 is 0 Å². The molecular formula is C17H23NO2. The van der Waals surface area contributed by atoms with Crippen molar-refractivity contribution >= 4 is 0 Å². The third kappa shape index (κ3) is 3.42. The number of furan rings is 1. The van der Waals surface area contributed by atoms with Crippen LogP contribution in [0.1, 0.15) is 43.7 Å². The van der Waals surface area contributed by atoms with Crippen LogP contribution in [0.2, 0.25) is 0 Å². The first-order chi connectivity index (χ1) is 9.61. The lowest BCUT2D eigenvalue weighted by molar-refractivity contribution is 0.242. The highest BCUT2D eigenvalue weighted by Crippen LogP contribution is 2.27. The molecular weight excluding hydrogens is 250 g/mol. The number of hydrogen-bond acceptors (Lipinski definition) is 3. The number of nitrogens with one attached hydrogen (secondary N) is 1. The number of ether oxygens (including phenoxy) is 1. The number of hydrogen-bond donors (Lipinski definition) is 1. The standard InChI is InChI=1S/C17H23NO2/c1-5-18-17(16-10-11-19-13(16)4)14-6-8-15(9-7-14)20-12(2)3/h6-12,17-18H,5H2,1-4H3. The lowest BCUT2D eigenvalue weighted by atomic mass is 9.99. The summed E-state index contributed by atoms with van der Waals surface area (Å²) in [6, 6.07) is 10.5. The van der Waals surface area contributed by atoms with Crippen LogP contribution in [0.5, 0.6) is 5.75 Å². The van der Waals surface area contributed by atoms with Crippen LogP contribution in [0, 0.1) is 6.92 Å². The predicted octanol–water partition coefficient (Wildman–Crippen LogP) is 4.07. The summed E-state index contributed by atoms with van der Waals surface area (Å²) in [4.78, 5) is 0. The van der Waals surface area contributed by atoms with Gasteiger partial charge in [0.05, 0.1) is 18.4 Å². The van der Waals surface area contributed by atoms with Crippen molar-refractivity contribution in [3.8, 4) is 5.75 Å². The van der Waals surface area contributed by atoms with Gasteiger partial charge < -0.3 is 14.5 Å². The third-order valence-corrected chi connectivity index (χ3v) is 3.20. The van der Waals surface area contributed by atoms with Gasteiger partial charge in [-0.2, -0.15) is 0 Å². The first-order valence-corrected chi connectivity index (χ1v) is 7.15. The van der Waals surface area contributed by atoms with Crippen LogP contribution in [0.15, 0.2) is 41.0 Å². The van der Waals surface area contributed by atoms with Crippen molar-refractivity contribution in [2.75, 3.05) is 6.54 Å². The molecule has 0 fully saturated rings. The molecule has 1 N–H and O–H groups in total. The second kappa shape index (κ2) is 6.62. The summed E-state index contributed by atoms with van der Waals surface area (Å²) in [5.74, 6) is 1.86. The molecule has 0 spiro atoms. The smallest absolute Gasteiger partial charge is 0.119 e. The highest BCUT2D eigenvalue weighted by Gasteiger charge is 2.17. The Labute approximate surface area is 121 Å². The molecule has 0 bridgehead atoms. The molecule has 1 aromatic heterocycles. The summed E-state index contributed by atoms with van der Waals surface area (Å²) in [5, 5.41) is 3.50. The van der Waals surface area contributed by atoms with E-state index in [1.807, 2.05) is 39.0 Å². The highest BCUT2D eigenvalue weighted by molar-refractivity contribution is 5.36. The van der Waals surface area contributed by atoms with E-state index in [-0.39, 0.29) is 12.1 Å². The van der Waals surface area contributed by atoms with Crippen LogP contribution in [0.25, 0.3) is 0 Å². The van der Waals surface area contributed by atoms with Crippen LogP contribution < -0.4 is 10.1 Å². The number of aryl methyl sites for hydroxylation is 1. The molecule has 0 aliphatic carbocycles. The normalized spacial score (nSPS) is 12.7. The average Bonchev–Trinajstić information content (AvgIpc) is 2.83. The third-order valence-electron chi connectivity index (χ3n) is 3.20. The van der Waals surface area contributed by atoms with Crippen LogP contribution in [0.3, 0.4) is 0 Å². The summed E-state index contributed by atoms with van der Waals surface area (Å²) in [6.07, 6.45) is 1.94. The fraction of sp³-hybridized carbons (Fsp3) is 0.412. The predicted molar refractivity (Wildman–Crippen MR) is 81.2 cm³/mol. The van der Waals surface area contributed by atoms with E-state index in [1.165, 1.54) is 11.1 Å². The Balaban J connectivity index is 2.24. The van der Waals surface area contributed by atoms with Crippen LogP contribution in [-0.4, -0.2) is 12.6 Å². The molecule has 108 valence electrons. The van der Waals surface area contributed by atoms with Gasteiger partial charge in [-0.3, -0.25) is 0 Å². The summed E-state index contributed by atoms with van der Waals surface area (Å²) >= 11 is 0. The molecule has 2 aromatic rings. The van der Waals surface area contributed by atoms with E-state index in [1.54, 1.807) is 6.26 Å². The van der Waals surface area contributed by atoms with Crippen molar-refractivity contribution in [1.82, 2.24) is 5.32 Å². The van der Waals surface area contributed by atoms with E-state index in [0.29, 0.717) is 0 Å². The Bertz CT molecular complexity index is 528. The molecule has 1 unspecified atom stereocenters. The zero-order chi connectivity index (χ0) is 14.5. The second-order valence-electron chi connectivity index (χ2n) is 5.16. The van der Waals surface area contributed by atoms with Crippen molar-refractivity contribution in [2.45, 2.75) is 39.8 Å². The molecule has 1 heterocycles. The molecule has 1 aromatic carbocycles. The van der Waals surface area contributed by atoms with E-state index in [9.17, 15) is 0 Å². The van der Waals surface area contributed by atoms with Crippen LogP contribution >= 0.6 is 0 Å². The summed E-state index contributed by atoms with van der Waals surface area (Å²) in [6.45, 7) is 9.07. The topological polar surface area (TPSA) is 34.4 Å². The summed E-state index contributed by atoms with van der Waals surface area (Å²) in [5.41, 5.74) is 2.40. The Hall–Kier alpha value is -1.74. The first kappa shape index (κ1) is 14.7. The monoisotopic (exact) mass is 273 g/mol. The zero-order valence-electron chi connectivity index (χ0n) is 12.6. The molecule has 0 saturated heterocycles. The molecule has 3 heteroatoms. The van der Waals surface area contributed by atoms with Gasteiger partial charge in [-0.05, 0) is 51.1 Å². The first-order valence-electron chi connectivity index (χ1n) is 7.15. The van der Waals surface area contributed by atoms with Crippen molar-refractivity contribution in [1.29, 1.82) is 0 Å². The number of rotatable bonds is 6. The van der Waals surface area contributed by atoms with E-state index in [2.05, 4.69) is 24.4 Å². The molecule has 0 aliphatic rings. The lowest BCUT2D eigenvalue weighted by Crippen LogP contribution is -2.22. The van der Waals surface area contributed by atoms with E-state index >= 15 is 0 Å². The molecule has 0 saturated carbocycles. The van der Waals surface area contributed by atoms with Crippen molar-refractivity contribution in [2.24, 2.45) is 0 Å². The molecule has 1 atom stereocenters. The van der Waals surface area contributed by atoms with Crippen molar-refractivity contribution in [3.05, 3.63) is 53.5 Å². The maximum atomic E-state index is 5.68. The molecule has 0 aliphatic heterocycles. The van der Waals surface area contributed by atoms with E-state index < -0.39 is 0 Å². The summed E-state index contributed by atoms with van der Waals surface area (Å²) < 4.78 is 11.1. The van der Waals surface area contributed by atoms with Gasteiger partial charge in [-0.15, -0.1) is 0 Å². The van der Waals surface area contributed by atoms with Crippen molar-refractivity contribution in [3.63, 3.8) is 0 Å². The van der Waals surface area contributed by atoms with Gasteiger partial charge in [0.1, 0.15) is 11.5 Å². The minimum atomic E-state index is 0.159. The lowest BCUT2D eigenvalue weighted by Gasteiger charge is -2.19. The molecule has 0 amide bonds. The molecule has 2 rings (SSSR count). The molecule has 0 radical (unpaired) electrons. The molecule has 20 heavy (non-hydrogen) atoms. The highest BCUT2D eigenvalue weighted by atomic mass is 16.5. The Morgan fingerprint density at radius 1 is 1.15 bits per heavy atom. The van der Waals surface area contributed by atoms with Gasteiger partial charge in [0, 0.05) is 5.56 Å². The minimum absolute atomic E-state index is 0.159. The van der Waals surface area contributed by atoms with Gasteiger partial charge in [-0.25, -0.2) is 0 Å². The van der Waals surface area contributed by atoms with Crippen LogP contribution in [0.4, 0.5) is 0 Å². The quantitative estimate of drug-likeness (QED) is 0.861. The second-order valence-corrected chi connectivity index (χ2v) is 5.16. The Morgan fingerprint density at radius 2 is 1.85 bits per heavy atom. The number of benzene rings is 1. The maximum absolute atomic E-state index is 5.68. The fourth-order valence-electron chi connectivity index (χ4n) is 2.32. The zero-order valence-corrected chi connectivity index (χ0v) is 12.6. The van der Waals surface area contributed by atoms with Crippen molar-refractivity contribution < 1.29 is 9.15 Å².